The number of nitrogens with zero attached hydrogens (tertiary/aromatic N) is 2. The van der Waals surface area contributed by atoms with Gasteiger partial charge in [-0.1, -0.05) is 60.5 Å². The third-order valence-electron chi connectivity index (χ3n) is 5.19. The third-order valence-corrected chi connectivity index (χ3v) is 7.60. The molecule has 35 heavy (non-hydrogen) atoms. The number of amides is 1. The van der Waals surface area contributed by atoms with Gasteiger partial charge in [-0.3, -0.25) is 9.80 Å². The Morgan fingerprint density at radius 2 is 2.11 bits per heavy atom. The van der Waals surface area contributed by atoms with E-state index in [1.54, 1.807) is 28.5 Å². The molecule has 1 aromatic carbocycles. The van der Waals surface area contributed by atoms with Gasteiger partial charge in [-0.25, -0.2) is 9.80 Å². The molecule has 9 heteroatoms. The van der Waals surface area contributed by atoms with Gasteiger partial charge in [0.05, 0.1) is 11.0 Å². The molecule has 1 aromatic heterocycles. The minimum Gasteiger partial charge on any atom is -0.473 e. The van der Waals surface area contributed by atoms with Crippen molar-refractivity contribution in [3.05, 3.63) is 81.4 Å². The molecule has 1 aliphatic rings. The lowest BCUT2D eigenvalue weighted by atomic mass is 10.0. The molecule has 1 saturated heterocycles. The van der Waals surface area contributed by atoms with Gasteiger partial charge in [-0.2, -0.15) is 0 Å². The number of aliphatic hydroxyl groups is 1. The quantitative estimate of drug-likeness (QED) is 0.302. The van der Waals surface area contributed by atoms with Crippen LogP contribution in [0.5, 0.6) is 0 Å². The van der Waals surface area contributed by atoms with Crippen LogP contribution in [0.3, 0.4) is 0 Å². The van der Waals surface area contributed by atoms with Crippen LogP contribution in [-0.4, -0.2) is 62.3 Å². The molecular formula is C26H28N2O4S3. The standard InChI is InChI=1S/C26H28N2O4S3/c1-2-5-24(35-26(31)32)12-14-28-25(30)34-17-15-27(28)13-11-22(29)19-21-7-3-6-20(18-21)9-10-23-8-4-16-33-23/h2-8,16,18,22,29H,1,11-15,17,19H2,(H,31,32)/b24-5-. The van der Waals surface area contributed by atoms with E-state index >= 15 is 0 Å². The average molecular weight is 529 g/mol. The van der Waals surface area contributed by atoms with Crippen molar-refractivity contribution in [2.75, 3.05) is 25.4 Å². The van der Waals surface area contributed by atoms with Crippen LogP contribution in [0.1, 0.15) is 28.8 Å². The molecule has 1 aliphatic heterocycles. The lowest BCUT2D eigenvalue weighted by Crippen LogP contribution is -2.50. The minimum atomic E-state index is -0.987. The van der Waals surface area contributed by atoms with Crippen molar-refractivity contribution >= 4 is 45.4 Å². The summed E-state index contributed by atoms with van der Waals surface area (Å²) in [6.07, 6.45) is 4.10. The first kappa shape index (κ1) is 27.1. The van der Waals surface area contributed by atoms with Gasteiger partial charge in [0.2, 0.25) is 0 Å². The molecule has 184 valence electrons. The number of aliphatic hydroxyl groups excluding tert-OH is 1. The number of carbonyl (C=O) groups is 2. The van der Waals surface area contributed by atoms with Crippen LogP contribution in [0, 0.1) is 11.8 Å². The molecule has 1 amide bonds. The number of thiophene rings is 1. The molecule has 1 atom stereocenters. The Bertz CT molecular complexity index is 1110. The van der Waals surface area contributed by atoms with Crippen LogP contribution in [0.25, 0.3) is 0 Å². The zero-order chi connectivity index (χ0) is 25.0. The van der Waals surface area contributed by atoms with Crippen LogP contribution in [0.4, 0.5) is 9.59 Å². The highest BCUT2D eigenvalue weighted by molar-refractivity contribution is 8.16. The normalized spacial score (nSPS) is 15.4. The van der Waals surface area contributed by atoms with Crippen molar-refractivity contribution < 1.29 is 19.8 Å². The van der Waals surface area contributed by atoms with Crippen LogP contribution in [0.2, 0.25) is 0 Å². The van der Waals surface area contributed by atoms with Crippen molar-refractivity contribution in [2.45, 2.75) is 25.4 Å². The number of benzene rings is 1. The lowest BCUT2D eigenvalue weighted by molar-refractivity contribution is 0.0150. The number of carboxylic acid groups (broad SMARTS) is 1. The summed E-state index contributed by atoms with van der Waals surface area (Å²) in [5.74, 6) is 7.02. The SMILES string of the molecule is C=C/C=C(/CCN1C(=O)SCCN1CCC(O)Cc1cccc(C#Cc2cccs2)c1)SC(=O)O. The molecule has 0 saturated carbocycles. The van der Waals surface area contributed by atoms with Crippen molar-refractivity contribution in [3.8, 4) is 11.8 Å². The molecule has 2 aromatic rings. The van der Waals surface area contributed by atoms with E-state index in [0.717, 1.165) is 27.8 Å². The van der Waals surface area contributed by atoms with Gasteiger partial charge in [0.15, 0.2) is 0 Å². The summed E-state index contributed by atoms with van der Waals surface area (Å²) in [5.41, 5.74) is 1.93. The summed E-state index contributed by atoms with van der Waals surface area (Å²) < 4.78 is 0. The number of carbonyl (C=O) groups excluding carboxylic acids is 1. The van der Waals surface area contributed by atoms with Crippen LogP contribution < -0.4 is 0 Å². The summed E-state index contributed by atoms with van der Waals surface area (Å²) in [5, 5.41) is 24.3. The fourth-order valence-electron chi connectivity index (χ4n) is 3.57. The first-order valence-corrected chi connectivity index (χ1v) is 13.9. The van der Waals surface area contributed by atoms with E-state index in [4.69, 9.17) is 5.11 Å². The first-order chi connectivity index (χ1) is 16.9. The molecule has 0 bridgehead atoms. The largest absolute Gasteiger partial charge is 0.473 e. The van der Waals surface area contributed by atoms with Gasteiger partial charge in [0.1, 0.15) is 0 Å². The van der Waals surface area contributed by atoms with Crippen molar-refractivity contribution in [1.29, 1.82) is 0 Å². The topological polar surface area (TPSA) is 81.1 Å². The molecule has 2 N–H and O–H groups in total. The molecule has 1 unspecified atom stereocenters. The predicted molar refractivity (Wildman–Crippen MR) is 146 cm³/mol. The second kappa shape index (κ2) is 14.2. The van der Waals surface area contributed by atoms with Gasteiger partial charge in [-0.05, 0) is 65.1 Å². The van der Waals surface area contributed by atoms with Crippen molar-refractivity contribution in [3.63, 3.8) is 0 Å². The van der Waals surface area contributed by atoms with E-state index < -0.39 is 11.4 Å². The van der Waals surface area contributed by atoms with Crippen LogP contribution in [0.15, 0.2) is 65.4 Å². The van der Waals surface area contributed by atoms with Gasteiger partial charge in [-0.15, -0.1) is 11.3 Å². The molecule has 0 spiro atoms. The lowest BCUT2D eigenvalue weighted by Gasteiger charge is -2.38. The van der Waals surface area contributed by atoms with Crippen LogP contribution in [-0.2, 0) is 6.42 Å². The number of hydrogen-bond acceptors (Lipinski definition) is 7. The number of hydrogen-bond donors (Lipinski definition) is 2. The Hall–Kier alpha value is -2.48. The van der Waals surface area contributed by atoms with E-state index in [-0.39, 0.29) is 5.24 Å². The maximum Gasteiger partial charge on any atom is 0.369 e. The Morgan fingerprint density at radius 3 is 2.86 bits per heavy atom. The van der Waals surface area contributed by atoms with E-state index in [2.05, 4.69) is 18.4 Å². The maximum atomic E-state index is 12.5. The highest BCUT2D eigenvalue weighted by Crippen LogP contribution is 2.25. The average Bonchev–Trinajstić information content (AvgIpc) is 3.34. The number of allylic oxidation sites excluding steroid dienone is 2. The zero-order valence-corrected chi connectivity index (χ0v) is 21.7. The van der Waals surface area contributed by atoms with Gasteiger partial charge in [0.25, 0.3) is 5.24 Å². The first-order valence-electron chi connectivity index (χ1n) is 11.2. The van der Waals surface area contributed by atoms with Gasteiger partial charge in [0, 0.05) is 31.0 Å². The van der Waals surface area contributed by atoms with E-state index in [0.29, 0.717) is 49.6 Å². The molecular weight excluding hydrogens is 500 g/mol. The third kappa shape index (κ3) is 9.24. The maximum absolute atomic E-state index is 12.5. The zero-order valence-electron chi connectivity index (χ0n) is 19.3. The highest BCUT2D eigenvalue weighted by atomic mass is 32.2. The Kier molecular flexibility index (Phi) is 11.0. The van der Waals surface area contributed by atoms with E-state index in [1.165, 1.54) is 11.8 Å². The molecule has 2 heterocycles. The molecule has 1 fully saturated rings. The summed E-state index contributed by atoms with van der Waals surface area (Å²) >= 11 is 3.60. The number of hydrazine groups is 1. The molecule has 0 radical (unpaired) electrons. The van der Waals surface area contributed by atoms with Crippen LogP contribution >= 0.6 is 34.9 Å². The highest BCUT2D eigenvalue weighted by Gasteiger charge is 2.27. The molecule has 3 rings (SSSR count). The fourth-order valence-corrected chi connectivity index (χ4v) is 5.56. The minimum absolute atomic E-state index is 0.0546. The molecule has 0 aliphatic carbocycles. The Morgan fingerprint density at radius 1 is 1.26 bits per heavy atom. The van der Waals surface area contributed by atoms with E-state index in [1.807, 2.05) is 46.8 Å². The monoisotopic (exact) mass is 528 g/mol. The van der Waals surface area contributed by atoms with Gasteiger partial charge >= 0.3 is 5.30 Å². The summed E-state index contributed by atoms with van der Waals surface area (Å²) in [7, 11) is 0. The summed E-state index contributed by atoms with van der Waals surface area (Å²) in [6, 6.07) is 11.9. The van der Waals surface area contributed by atoms with Gasteiger partial charge < -0.3 is 10.2 Å². The fraction of sp³-hybridized carbons (Fsp3) is 0.308. The predicted octanol–water partition coefficient (Wildman–Crippen LogP) is 5.70. The Labute approximate surface area is 218 Å². The second-order valence-corrected chi connectivity index (χ2v) is 10.8. The number of thioether (sulfide) groups is 2. The van der Waals surface area contributed by atoms with E-state index in [9.17, 15) is 14.7 Å². The van der Waals surface area contributed by atoms with Crippen molar-refractivity contribution in [2.24, 2.45) is 0 Å². The smallest absolute Gasteiger partial charge is 0.369 e. The molecule has 6 nitrogen and oxygen atoms in total. The summed E-state index contributed by atoms with van der Waals surface area (Å²) in [4.78, 5) is 25.2. The summed E-state index contributed by atoms with van der Waals surface area (Å²) in [6.45, 7) is 5.25. The number of rotatable bonds is 10. The second-order valence-electron chi connectivity index (χ2n) is 7.75. The van der Waals surface area contributed by atoms with Crippen molar-refractivity contribution in [1.82, 2.24) is 10.0 Å². The Balaban J connectivity index is 1.54.